The summed E-state index contributed by atoms with van der Waals surface area (Å²) in [6.45, 7) is 14.1. The zero-order valence-corrected chi connectivity index (χ0v) is 13.3. The van der Waals surface area contributed by atoms with Gasteiger partial charge in [-0.15, -0.1) is 0 Å². The average Bonchev–Trinajstić information content (AvgIpc) is 2.72. The molecule has 0 unspecified atom stereocenters. The monoisotopic (exact) mass is 281 g/mol. The van der Waals surface area contributed by atoms with Crippen LogP contribution in [-0.4, -0.2) is 40.9 Å². The van der Waals surface area contributed by atoms with Gasteiger partial charge >= 0.3 is 0 Å². The Hall–Kier alpha value is -0.910. The summed E-state index contributed by atoms with van der Waals surface area (Å²) in [5.74, 6) is 0.928. The molecule has 1 aromatic heterocycles. The minimum Gasteiger partial charge on any atom is -0.373 e. The van der Waals surface area contributed by atoms with Crippen molar-refractivity contribution in [2.75, 3.05) is 13.1 Å². The maximum absolute atomic E-state index is 5.74. The molecule has 0 spiro atoms. The Balaban J connectivity index is 1.86. The van der Waals surface area contributed by atoms with Gasteiger partial charge in [0.1, 0.15) is 0 Å². The molecule has 2 atom stereocenters. The Labute approximate surface area is 121 Å². The van der Waals surface area contributed by atoms with Crippen molar-refractivity contribution in [3.63, 3.8) is 0 Å². The first-order valence-electron chi connectivity index (χ1n) is 7.39. The van der Waals surface area contributed by atoms with Crippen molar-refractivity contribution in [1.82, 2.24) is 15.4 Å². The number of ether oxygens (including phenoxy) is 1. The van der Waals surface area contributed by atoms with Crippen LogP contribution in [0.2, 0.25) is 0 Å². The van der Waals surface area contributed by atoms with Crippen molar-refractivity contribution >= 4 is 0 Å². The van der Waals surface area contributed by atoms with Crippen LogP contribution in [0.1, 0.15) is 46.1 Å². The fraction of sp³-hybridized carbons (Fsp3) is 0.800. The first-order valence-corrected chi connectivity index (χ1v) is 7.39. The summed E-state index contributed by atoms with van der Waals surface area (Å²) in [4.78, 5) is 2.36. The Morgan fingerprint density at radius 3 is 2.55 bits per heavy atom. The molecule has 2 rings (SSSR count). The largest absolute Gasteiger partial charge is 0.373 e. The van der Waals surface area contributed by atoms with Gasteiger partial charge in [-0.3, -0.25) is 4.90 Å². The molecule has 0 amide bonds. The van der Waals surface area contributed by atoms with Gasteiger partial charge in [0.2, 0.25) is 0 Å². The molecule has 1 aliphatic rings. The fourth-order valence-corrected chi connectivity index (χ4v) is 2.50. The first-order chi connectivity index (χ1) is 9.32. The first kappa shape index (κ1) is 15.5. The molecule has 114 valence electrons. The summed E-state index contributed by atoms with van der Waals surface area (Å²) in [5, 5.41) is 7.54. The van der Waals surface area contributed by atoms with Gasteiger partial charge in [-0.2, -0.15) is 0 Å². The summed E-state index contributed by atoms with van der Waals surface area (Å²) in [6, 6.07) is 2.05. The SMILES string of the molecule is C[C@@H]1CN(Cc2cc(CNC(C)(C)C)no2)C[C@H](C)O1. The van der Waals surface area contributed by atoms with E-state index < -0.39 is 0 Å². The van der Waals surface area contributed by atoms with Crippen molar-refractivity contribution in [2.45, 2.75) is 65.5 Å². The molecular weight excluding hydrogens is 254 g/mol. The van der Waals surface area contributed by atoms with Gasteiger partial charge in [0, 0.05) is 31.2 Å². The van der Waals surface area contributed by atoms with E-state index >= 15 is 0 Å². The molecule has 0 bridgehead atoms. The van der Waals surface area contributed by atoms with E-state index in [2.05, 4.69) is 50.0 Å². The number of nitrogens with zero attached hydrogens (tertiary/aromatic N) is 2. The van der Waals surface area contributed by atoms with Gasteiger partial charge in [0.25, 0.3) is 0 Å². The highest BCUT2D eigenvalue weighted by Gasteiger charge is 2.23. The normalized spacial score (nSPS) is 25.1. The molecule has 2 heterocycles. The summed E-state index contributed by atoms with van der Waals surface area (Å²) < 4.78 is 11.2. The smallest absolute Gasteiger partial charge is 0.151 e. The molecule has 0 radical (unpaired) electrons. The molecule has 1 aromatic rings. The second kappa shape index (κ2) is 6.24. The number of hydrogen-bond donors (Lipinski definition) is 1. The second-order valence-electron chi connectivity index (χ2n) is 6.84. The molecule has 1 fully saturated rings. The molecule has 1 saturated heterocycles. The van der Waals surface area contributed by atoms with E-state index in [4.69, 9.17) is 9.26 Å². The topological polar surface area (TPSA) is 50.5 Å². The van der Waals surface area contributed by atoms with Crippen LogP contribution in [-0.2, 0) is 17.8 Å². The lowest BCUT2D eigenvalue weighted by molar-refractivity contribution is -0.0721. The van der Waals surface area contributed by atoms with E-state index in [0.717, 1.165) is 37.6 Å². The minimum absolute atomic E-state index is 0.0915. The van der Waals surface area contributed by atoms with Crippen LogP contribution < -0.4 is 5.32 Å². The maximum Gasteiger partial charge on any atom is 0.151 e. The van der Waals surface area contributed by atoms with E-state index in [-0.39, 0.29) is 17.7 Å². The van der Waals surface area contributed by atoms with E-state index in [1.165, 1.54) is 0 Å². The van der Waals surface area contributed by atoms with E-state index in [1.54, 1.807) is 0 Å². The van der Waals surface area contributed by atoms with Gasteiger partial charge in [0.05, 0.1) is 24.4 Å². The third kappa shape index (κ3) is 4.89. The molecule has 0 saturated carbocycles. The van der Waals surface area contributed by atoms with E-state index in [0.29, 0.717) is 0 Å². The van der Waals surface area contributed by atoms with Crippen LogP contribution in [0.25, 0.3) is 0 Å². The van der Waals surface area contributed by atoms with Crippen molar-refractivity contribution < 1.29 is 9.26 Å². The van der Waals surface area contributed by atoms with Crippen LogP contribution in [0.4, 0.5) is 0 Å². The molecule has 0 aliphatic carbocycles. The standard InChI is InChI=1S/C15H27N3O2/c1-11-8-18(9-12(2)19-11)10-14-6-13(17-20-14)7-16-15(3,4)5/h6,11-12,16H,7-10H2,1-5H3/t11-,12+. The lowest BCUT2D eigenvalue weighted by atomic mass is 10.1. The van der Waals surface area contributed by atoms with E-state index in [1.807, 2.05) is 6.07 Å². The third-order valence-corrected chi connectivity index (χ3v) is 3.28. The molecule has 5 nitrogen and oxygen atoms in total. The van der Waals surface area contributed by atoms with Gasteiger partial charge in [-0.05, 0) is 34.6 Å². The zero-order valence-electron chi connectivity index (χ0n) is 13.3. The molecule has 1 aliphatic heterocycles. The van der Waals surface area contributed by atoms with E-state index in [9.17, 15) is 0 Å². The molecule has 1 N–H and O–H groups in total. The predicted molar refractivity (Wildman–Crippen MR) is 78.4 cm³/mol. The average molecular weight is 281 g/mol. The van der Waals surface area contributed by atoms with Crippen LogP contribution >= 0.6 is 0 Å². The summed E-state index contributed by atoms with van der Waals surface area (Å²) in [5.41, 5.74) is 1.05. The predicted octanol–water partition coefficient (Wildman–Crippen LogP) is 2.17. The lowest BCUT2D eigenvalue weighted by Crippen LogP contribution is -2.44. The highest BCUT2D eigenvalue weighted by molar-refractivity contribution is 5.05. The number of nitrogens with one attached hydrogen (secondary N) is 1. The number of hydrogen-bond acceptors (Lipinski definition) is 5. The number of morpholine rings is 1. The van der Waals surface area contributed by atoms with Crippen LogP contribution in [0, 0.1) is 0 Å². The maximum atomic E-state index is 5.74. The Morgan fingerprint density at radius 2 is 1.95 bits per heavy atom. The zero-order chi connectivity index (χ0) is 14.8. The molecule has 20 heavy (non-hydrogen) atoms. The lowest BCUT2D eigenvalue weighted by Gasteiger charge is -2.34. The van der Waals surface area contributed by atoms with Crippen LogP contribution in [0.5, 0.6) is 0 Å². The van der Waals surface area contributed by atoms with Gasteiger partial charge < -0.3 is 14.6 Å². The summed E-state index contributed by atoms with van der Waals surface area (Å²) >= 11 is 0. The van der Waals surface area contributed by atoms with Gasteiger partial charge in [-0.1, -0.05) is 5.16 Å². The minimum atomic E-state index is 0.0915. The van der Waals surface area contributed by atoms with Crippen molar-refractivity contribution in [3.05, 3.63) is 17.5 Å². The van der Waals surface area contributed by atoms with Crippen molar-refractivity contribution in [1.29, 1.82) is 0 Å². The second-order valence-corrected chi connectivity index (χ2v) is 6.84. The van der Waals surface area contributed by atoms with Gasteiger partial charge in [-0.25, -0.2) is 0 Å². The number of rotatable bonds is 4. The fourth-order valence-electron chi connectivity index (χ4n) is 2.50. The highest BCUT2D eigenvalue weighted by Crippen LogP contribution is 2.15. The number of aromatic nitrogens is 1. The quantitative estimate of drug-likeness (QED) is 0.916. The Bertz CT molecular complexity index is 415. The van der Waals surface area contributed by atoms with Crippen LogP contribution in [0.3, 0.4) is 0 Å². The Kier molecular flexibility index (Phi) is 4.83. The van der Waals surface area contributed by atoms with Crippen molar-refractivity contribution in [3.8, 4) is 0 Å². The van der Waals surface area contributed by atoms with Crippen LogP contribution in [0.15, 0.2) is 10.6 Å². The highest BCUT2D eigenvalue weighted by atomic mass is 16.5. The van der Waals surface area contributed by atoms with Gasteiger partial charge in [0.15, 0.2) is 5.76 Å². The third-order valence-electron chi connectivity index (χ3n) is 3.28. The molecular formula is C15H27N3O2. The summed E-state index contributed by atoms with van der Waals surface area (Å²) in [6.07, 6.45) is 0.562. The summed E-state index contributed by atoms with van der Waals surface area (Å²) in [7, 11) is 0. The van der Waals surface area contributed by atoms with Crippen molar-refractivity contribution in [2.24, 2.45) is 0 Å². The molecule has 0 aromatic carbocycles. The Morgan fingerprint density at radius 1 is 1.30 bits per heavy atom. The molecule has 5 heteroatoms.